The zero-order valence-corrected chi connectivity index (χ0v) is 11.0. The monoisotopic (exact) mass is 277 g/mol. The summed E-state index contributed by atoms with van der Waals surface area (Å²) in [6, 6.07) is 12.7. The Labute approximate surface area is 119 Å². The van der Waals surface area contributed by atoms with Gasteiger partial charge in [0.1, 0.15) is 12.1 Å². The van der Waals surface area contributed by atoms with Crippen molar-refractivity contribution in [2.45, 2.75) is 0 Å². The molecule has 0 bridgehead atoms. The molecular weight excluding hydrogens is 270 g/mol. The van der Waals surface area contributed by atoms with Gasteiger partial charge in [0.25, 0.3) is 0 Å². The van der Waals surface area contributed by atoms with Gasteiger partial charge < -0.3 is 4.98 Å². The Kier molecular flexibility index (Phi) is 2.79. The van der Waals surface area contributed by atoms with E-state index in [0.717, 1.165) is 5.52 Å². The Hall–Kier alpha value is -2.96. The second kappa shape index (κ2) is 4.61. The summed E-state index contributed by atoms with van der Waals surface area (Å²) in [4.78, 5) is 7.35. The average molecular weight is 277 g/mol. The number of H-pyrrole nitrogens is 1. The van der Waals surface area contributed by atoms with Crippen molar-refractivity contribution < 1.29 is 0 Å². The molecular formula is C14H7N5S. The Morgan fingerprint density at radius 1 is 1.15 bits per heavy atom. The smallest absolute Gasteiger partial charge is 0.183 e. The van der Waals surface area contributed by atoms with Gasteiger partial charge in [-0.25, -0.2) is 4.98 Å². The van der Waals surface area contributed by atoms with Gasteiger partial charge >= 0.3 is 0 Å². The zero-order chi connectivity index (χ0) is 14.1. The number of nitrogens with zero attached hydrogens (tertiary/aromatic N) is 4. The third-order valence-corrected chi connectivity index (χ3v) is 3.23. The minimum Gasteiger partial charge on any atom is -0.329 e. The fourth-order valence-corrected chi connectivity index (χ4v) is 2.34. The van der Waals surface area contributed by atoms with Crippen LogP contribution in [0.3, 0.4) is 0 Å². The molecule has 0 atom stereocenters. The van der Waals surface area contributed by atoms with Gasteiger partial charge in [-0.05, 0) is 42.5 Å². The third kappa shape index (κ3) is 1.76. The Bertz CT molecular complexity index is 952. The van der Waals surface area contributed by atoms with Crippen LogP contribution in [0, 0.1) is 27.4 Å². The highest BCUT2D eigenvalue weighted by molar-refractivity contribution is 7.71. The molecule has 2 aromatic heterocycles. The highest BCUT2D eigenvalue weighted by Gasteiger charge is 2.09. The van der Waals surface area contributed by atoms with Crippen LogP contribution < -0.4 is 0 Å². The number of aromatic nitrogens is 3. The average Bonchev–Trinajstić information content (AvgIpc) is 2.82. The van der Waals surface area contributed by atoms with E-state index in [0.29, 0.717) is 27.2 Å². The summed E-state index contributed by atoms with van der Waals surface area (Å²) in [5, 5.41) is 18.0. The molecule has 0 saturated heterocycles. The molecule has 0 spiro atoms. The topological polar surface area (TPSA) is 81.2 Å². The lowest BCUT2D eigenvalue weighted by atomic mass is 10.1. The summed E-state index contributed by atoms with van der Waals surface area (Å²) >= 11 is 5.30. The van der Waals surface area contributed by atoms with Crippen molar-refractivity contribution in [3.63, 3.8) is 0 Å². The van der Waals surface area contributed by atoms with E-state index in [1.54, 1.807) is 29.0 Å². The maximum atomic E-state index is 9.09. The number of imidazole rings is 1. The highest BCUT2D eigenvalue weighted by Crippen LogP contribution is 2.19. The van der Waals surface area contributed by atoms with E-state index >= 15 is 0 Å². The van der Waals surface area contributed by atoms with Crippen LogP contribution in [0.5, 0.6) is 0 Å². The first-order valence-corrected chi connectivity index (χ1v) is 6.16. The number of fused-ring (bicyclic) bond motifs is 1. The maximum absolute atomic E-state index is 9.09. The first-order valence-electron chi connectivity index (χ1n) is 5.75. The third-order valence-electron chi connectivity index (χ3n) is 2.95. The molecule has 5 nitrogen and oxygen atoms in total. The molecule has 0 amide bonds. The molecule has 0 radical (unpaired) electrons. The second-order valence-corrected chi connectivity index (χ2v) is 4.48. The lowest BCUT2D eigenvalue weighted by Crippen LogP contribution is -1.97. The van der Waals surface area contributed by atoms with Crippen LogP contribution in [0.4, 0.5) is 0 Å². The molecule has 20 heavy (non-hydrogen) atoms. The zero-order valence-electron chi connectivity index (χ0n) is 10.2. The number of hydrogen-bond donors (Lipinski definition) is 1. The van der Waals surface area contributed by atoms with E-state index in [1.165, 1.54) is 0 Å². The van der Waals surface area contributed by atoms with Crippen molar-refractivity contribution in [2.24, 2.45) is 0 Å². The molecule has 0 saturated carbocycles. The van der Waals surface area contributed by atoms with Crippen LogP contribution in [0.15, 0.2) is 36.5 Å². The summed E-state index contributed by atoms with van der Waals surface area (Å²) < 4.78 is 2.24. The number of nitriles is 2. The Morgan fingerprint density at radius 2 is 1.95 bits per heavy atom. The number of benzene rings is 1. The summed E-state index contributed by atoms with van der Waals surface area (Å²) in [5.74, 6) is 0. The molecule has 0 aliphatic carbocycles. The van der Waals surface area contributed by atoms with E-state index < -0.39 is 0 Å². The molecule has 3 rings (SSSR count). The van der Waals surface area contributed by atoms with E-state index in [9.17, 15) is 0 Å². The molecule has 0 unspecified atom stereocenters. The molecule has 3 aromatic rings. The lowest BCUT2D eigenvalue weighted by molar-refractivity contribution is 1.04. The quantitative estimate of drug-likeness (QED) is 0.693. The minimum absolute atomic E-state index is 0.317. The van der Waals surface area contributed by atoms with Gasteiger partial charge in [0, 0.05) is 6.20 Å². The first-order chi connectivity index (χ1) is 9.74. The summed E-state index contributed by atoms with van der Waals surface area (Å²) in [6.07, 6.45) is 1.68. The normalized spacial score (nSPS) is 10.1. The fraction of sp³-hybridized carbons (Fsp3) is 0. The van der Waals surface area contributed by atoms with Crippen LogP contribution in [0.25, 0.3) is 16.9 Å². The molecule has 1 aromatic carbocycles. The van der Waals surface area contributed by atoms with Crippen LogP contribution in [-0.4, -0.2) is 14.5 Å². The van der Waals surface area contributed by atoms with Crippen molar-refractivity contribution in [2.75, 3.05) is 0 Å². The predicted molar refractivity (Wildman–Crippen MR) is 75.7 cm³/mol. The predicted octanol–water partition coefficient (Wildman–Crippen LogP) is 2.83. The summed E-state index contributed by atoms with van der Waals surface area (Å²) in [6.45, 7) is 0. The van der Waals surface area contributed by atoms with Crippen LogP contribution >= 0.6 is 12.2 Å². The van der Waals surface area contributed by atoms with Crippen molar-refractivity contribution in [1.82, 2.24) is 14.5 Å². The Balaban J connectivity index is 2.33. The van der Waals surface area contributed by atoms with Gasteiger partial charge in [0.2, 0.25) is 0 Å². The van der Waals surface area contributed by atoms with E-state index in [2.05, 4.69) is 9.97 Å². The SMILES string of the molecule is N#Cc1ccc(-n2c(=S)[nH]c3cccnc32)cc1C#N. The molecule has 0 fully saturated rings. The summed E-state index contributed by atoms with van der Waals surface area (Å²) in [5.41, 5.74) is 2.87. The lowest BCUT2D eigenvalue weighted by Gasteiger charge is -2.04. The van der Waals surface area contributed by atoms with Crippen molar-refractivity contribution >= 4 is 23.4 Å². The van der Waals surface area contributed by atoms with E-state index in [4.69, 9.17) is 22.7 Å². The maximum Gasteiger partial charge on any atom is 0.183 e. The molecule has 0 aliphatic rings. The van der Waals surface area contributed by atoms with Gasteiger partial charge in [-0.15, -0.1) is 0 Å². The van der Waals surface area contributed by atoms with E-state index in [1.807, 2.05) is 24.3 Å². The first kappa shape index (κ1) is 12.1. The molecule has 0 aliphatic heterocycles. The van der Waals surface area contributed by atoms with Gasteiger partial charge in [-0.2, -0.15) is 10.5 Å². The standard InChI is InChI=1S/C14H7N5S/c15-7-9-3-4-11(6-10(9)8-16)19-13-12(18-14(19)20)2-1-5-17-13/h1-6H,(H,18,20). The van der Waals surface area contributed by atoms with Crippen LogP contribution in [-0.2, 0) is 0 Å². The van der Waals surface area contributed by atoms with Crippen molar-refractivity contribution in [3.05, 3.63) is 52.4 Å². The number of rotatable bonds is 1. The number of nitrogens with one attached hydrogen (secondary N) is 1. The number of hydrogen-bond acceptors (Lipinski definition) is 4. The van der Waals surface area contributed by atoms with Crippen LogP contribution in [0.2, 0.25) is 0 Å². The number of aromatic amines is 1. The largest absolute Gasteiger partial charge is 0.329 e. The fourth-order valence-electron chi connectivity index (χ4n) is 2.04. The van der Waals surface area contributed by atoms with Crippen molar-refractivity contribution in [3.8, 4) is 17.8 Å². The van der Waals surface area contributed by atoms with Gasteiger partial charge in [0.15, 0.2) is 10.4 Å². The summed E-state index contributed by atoms with van der Waals surface area (Å²) in [7, 11) is 0. The molecule has 1 N–H and O–H groups in total. The van der Waals surface area contributed by atoms with Gasteiger partial charge in [-0.1, -0.05) is 0 Å². The van der Waals surface area contributed by atoms with Gasteiger partial charge in [-0.3, -0.25) is 4.57 Å². The molecule has 6 heteroatoms. The molecule has 94 valence electrons. The van der Waals surface area contributed by atoms with Crippen molar-refractivity contribution in [1.29, 1.82) is 10.5 Å². The highest BCUT2D eigenvalue weighted by atomic mass is 32.1. The van der Waals surface area contributed by atoms with Gasteiger partial charge in [0.05, 0.1) is 22.3 Å². The Morgan fingerprint density at radius 3 is 2.70 bits per heavy atom. The molecule has 2 heterocycles. The van der Waals surface area contributed by atoms with E-state index in [-0.39, 0.29) is 0 Å². The minimum atomic E-state index is 0.317. The second-order valence-electron chi connectivity index (χ2n) is 4.09. The number of pyridine rings is 1. The van der Waals surface area contributed by atoms with Crippen LogP contribution in [0.1, 0.15) is 11.1 Å².